The van der Waals surface area contributed by atoms with Gasteiger partial charge >= 0.3 is 11.9 Å². The second kappa shape index (κ2) is 40.6. The summed E-state index contributed by atoms with van der Waals surface area (Å²) in [6, 6.07) is 0. The van der Waals surface area contributed by atoms with Crippen molar-refractivity contribution in [3.05, 3.63) is 0 Å². The molecule has 0 spiro atoms. The highest BCUT2D eigenvalue weighted by molar-refractivity contribution is 5.69. The number of hydrogen-bond donors (Lipinski definition) is 1. The van der Waals surface area contributed by atoms with Gasteiger partial charge in [0.15, 0.2) is 0 Å². The molecular formula is C43H85NO6. The molecule has 0 radical (unpaired) electrons. The number of aliphatic hydroxyl groups is 1. The summed E-state index contributed by atoms with van der Waals surface area (Å²) in [6.07, 6.45) is 34.1. The van der Waals surface area contributed by atoms with Crippen LogP contribution in [0.15, 0.2) is 0 Å². The van der Waals surface area contributed by atoms with Crippen LogP contribution in [0.3, 0.4) is 0 Å². The van der Waals surface area contributed by atoms with Gasteiger partial charge in [0, 0.05) is 19.6 Å². The monoisotopic (exact) mass is 712 g/mol. The Morgan fingerprint density at radius 2 is 0.940 bits per heavy atom. The predicted octanol–water partition coefficient (Wildman–Crippen LogP) is 11.5. The van der Waals surface area contributed by atoms with E-state index in [0.717, 1.165) is 103 Å². The molecule has 0 unspecified atom stereocenters. The molecular weight excluding hydrogens is 626 g/mol. The smallest absolute Gasteiger partial charge is 0.308 e. The quantitative estimate of drug-likeness (QED) is 0.0499. The highest BCUT2D eigenvalue weighted by Crippen LogP contribution is 2.18. The van der Waals surface area contributed by atoms with Crippen molar-refractivity contribution in [2.75, 3.05) is 46.1 Å². The maximum atomic E-state index is 12.7. The third-order valence-electron chi connectivity index (χ3n) is 9.80. The van der Waals surface area contributed by atoms with E-state index in [1.807, 2.05) is 0 Å². The summed E-state index contributed by atoms with van der Waals surface area (Å²) in [6.45, 7) is 11.4. The fraction of sp³-hybridized carbons (Fsp3) is 0.953. The summed E-state index contributed by atoms with van der Waals surface area (Å²) in [4.78, 5) is 26.9. The van der Waals surface area contributed by atoms with Gasteiger partial charge in [-0.2, -0.15) is 0 Å². The minimum Gasteiger partial charge on any atom is -0.466 e. The van der Waals surface area contributed by atoms with E-state index in [1.165, 1.54) is 103 Å². The van der Waals surface area contributed by atoms with Gasteiger partial charge in [-0.15, -0.1) is 0 Å². The van der Waals surface area contributed by atoms with Crippen LogP contribution in [-0.4, -0.2) is 74.1 Å². The minimum atomic E-state index is -0.156. The zero-order valence-electron chi connectivity index (χ0n) is 33.7. The minimum absolute atomic E-state index is 0.00708. The second-order valence-corrected chi connectivity index (χ2v) is 14.7. The number of esters is 2. The number of hydrogen-bond acceptors (Lipinski definition) is 7. The molecule has 0 rings (SSSR count). The van der Waals surface area contributed by atoms with Crippen LogP contribution in [0.2, 0.25) is 0 Å². The fourth-order valence-corrected chi connectivity index (χ4v) is 6.54. The average Bonchev–Trinajstić information content (AvgIpc) is 3.11. The van der Waals surface area contributed by atoms with E-state index >= 15 is 0 Å². The zero-order chi connectivity index (χ0) is 36.6. The maximum absolute atomic E-state index is 12.7. The van der Waals surface area contributed by atoms with Gasteiger partial charge in [0.05, 0.1) is 26.2 Å². The summed E-state index contributed by atoms with van der Waals surface area (Å²) < 4.78 is 16.9. The molecule has 0 aliphatic heterocycles. The van der Waals surface area contributed by atoms with E-state index in [0.29, 0.717) is 26.1 Å². The van der Waals surface area contributed by atoms with Gasteiger partial charge < -0.3 is 24.2 Å². The first kappa shape index (κ1) is 48.8. The van der Waals surface area contributed by atoms with Crippen molar-refractivity contribution in [1.82, 2.24) is 4.90 Å². The van der Waals surface area contributed by atoms with Gasteiger partial charge in [-0.25, -0.2) is 0 Å². The number of ether oxygens (including phenoxy) is 3. The second-order valence-electron chi connectivity index (χ2n) is 14.7. The van der Waals surface area contributed by atoms with Crippen molar-refractivity contribution < 1.29 is 28.9 Å². The summed E-state index contributed by atoms with van der Waals surface area (Å²) in [5.41, 5.74) is 0. The van der Waals surface area contributed by atoms with Crippen LogP contribution in [0.4, 0.5) is 0 Å². The topological polar surface area (TPSA) is 85.3 Å². The first-order valence-electron chi connectivity index (χ1n) is 21.8. The standard InChI is InChI=1S/C43H85NO6/c1-4-7-10-13-16-23-30-41(31-24-17-14-11-8-5-2)50-43(47)32-25-18-15-19-26-34-44(36-37-45)35-27-20-22-29-39-49-42(46)33-40-48-38-28-21-12-9-6-3/h41,45H,4-40H2,1-3H3. The lowest BCUT2D eigenvalue weighted by molar-refractivity contribution is -0.150. The van der Waals surface area contributed by atoms with E-state index in [4.69, 9.17) is 14.2 Å². The van der Waals surface area contributed by atoms with E-state index in [2.05, 4.69) is 25.7 Å². The Morgan fingerprint density at radius 3 is 1.48 bits per heavy atom. The largest absolute Gasteiger partial charge is 0.466 e. The number of unbranched alkanes of at least 4 members (excludes halogenated alkanes) is 21. The molecule has 0 amide bonds. The Kier molecular flexibility index (Phi) is 39.6. The van der Waals surface area contributed by atoms with E-state index in [1.54, 1.807) is 0 Å². The Balaban J connectivity index is 3.94. The molecule has 0 saturated heterocycles. The SMILES string of the molecule is CCCCCCCCC(CCCCCCCC)OC(=O)CCCCCCCN(CCO)CCCCCCOC(=O)CCOCCCCCCC. The first-order chi connectivity index (χ1) is 24.6. The Bertz CT molecular complexity index is 689. The molecule has 7 nitrogen and oxygen atoms in total. The summed E-state index contributed by atoms with van der Waals surface area (Å²) in [5, 5.41) is 9.52. The van der Waals surface area contributed by atoms with Crippen LogP contribution in [-0.2, 0) is 23.8 Å². The highest BCUT2D eigenvalue weighted by Gasteiger charge is 2.14. The molecule has 0 aromatic heterocycles. The molecule has 0 aliphatic carbocycles. The molecule has 0 bridgehead atoms. The summed E-state index contributed by atoms with van der Waals surface area (Å²) >= 11 is 0. The molecule has 0 heterocycles. The molecule has 0 fully saturated rings. The Morgan fingerprint density at radius 1 is 0.480 bits per heavy atom. The van der Waals surface area contributed by atoms with Crippen molar-refractivity contribution in [3.8, 4) is 0 Å². The van der Waals surface area contributed by atoms with Crippen LogP contribution in [0.1, 0.15) is 213 Å². The number of rotatable bonds is 41. The first-order valence-corrected chi connectivity index (χ1v) is 21.8. The average molecular weight is 712 g/mol. The molecule has 0 atom stereocenters. The molecule has 0 aliphatic rings. The predicted molar refractivity (Wildman–Crippen MR) is 211 cm³/mol. The molecule has 50 heavy (non-hydrogen) atoms. The van der Waals surface area contributed by atoms with Crippen molar-refractivity contribution in [3.63, 3.8) is 0 Å². The molecule has 0 aromatic carbocycles. The molecule has 0 aromatic rings. The highest BCUT2D eigenvalue weighted by atomic mass is 16.5. The van der Waals surface area contributed by atoms with Crippen molar-refractivity contribution in [1.29, 1.82) is 0 Å². The van der Waals surface area contributed by atoms with E-state index in [9.17, 15) is 14.7 Å². The normalized spacial score (nSPS) is 11.6. The number of aliphatic hydroxyl groups excluding tert-OH is 1. The van der Waals surface area contributed by atoms with Crippen LogP contribution in [0, 0.1) is 0 Å². The lowest BCUT2D eigenvalue weighted by atomic mass is 10.0. The van der Waals surface area contributed by atoms with Gasteiger partial charge in [0.2, 0.25) is 0 Å². The lowest BCUT2D eigenvalue weighted by Crippen LogP contribution is -2.29. The van der Waals surface area contributed by atoms with Crippen molar-refractivity contribution in [2.24, 2.45) is 0 Å². The van der Waals surface area contributed by atoms with Gasteiger partial charge in [0.1, 0.15) is 6.10 Å². The Hall–Kier alpha value is -1.18. The van der Waals surface area contributed by atoms with Crippen LogP contribution >= 0.6 is 0 Å². The van der Waals surface area contributed by atoms with Gasteiger partial charge in [0.25, 0.3) is 0 Å². The third kappa shape index (κ3) is 36.6. The van der Waals surface area contributed by atoms with Gasteiger partial charge in [-0.3, -0.25) is 9.59 Å². The van der Waals surface area contributed by atoms with Crippen molar-refractivity contribution in [2.45, 2.75) is 219 Å². The molecule has 298 valence electrons. The van der Waals surface area contributed by atoms with Crippen LogP contribution < -0.4 is 0 Å². The molecule has 1 N–H and O–H groups in total. The van der Waals surface area contributed by atoms with Gasteiger partial charge in [-0.05, 0) is 70.9 Å². The molecule has 7 heteroatoms. The molecule has 0 saturated carbocycles. The van der Waals surface area contributed by atoms with E-state index in [-0.39, 0.29) is 24.6 Å². The maximum Gasteiger partial charge on any atom is 0.308 e. The number of nitrogens with zero attached hydrogens (tertiary/aromatic N) is 1. The van der Waals surface area contributed by atoms with E-state index < -0.39 is 0 Å². The number of carbonyl (C=O) groups is 2. The van der Waals surface area contributed by atoms with Gasteiger partial charge in [-0.1, -0.05) is 143 Å². The fourth-order valence-electron chi connectivity index (χ4n) is 6.54. The van der Waals surface area contributed by atoms with Crippen molar-refractivity contribution >= 4 is 11.9 Å². The van der Waals surface area contributed by atoms with Crippen LogP contribution in [0.25, 0.3) is 0 Å². The third-order valence-corrected chi connectivity index (χ3v) is 9.80. The number of carbonyl (C=O) groups excluding carboxylic acids is 2. The zero-order valence-corrected chi connectivity index (χ0v) is 33.7. The lowest BCUT2D eigenvalue weighted by Gasteiger charge is -2.21. The van der Waals surface area contributed by atoms with Crippen LogP contribution in [0.5, 0.6) is 0 Å². The Labute approximate surface area is 310 Å². The summed E-state index contributed by atoms with van der Waals surface area (Å²) in [5.74, 6) is -0.149. The summed E-state index contributed by atoms with van der Waals surface area (Å²) in [7, 11) is 0.